The first-order chi connectivity index (χ1) is 4.56. The van der Waals surface area contributed by atoms with Gasteiger partial charge in [-0.15, -0.1) is 0 Å². The molecule has 0 spiro atoms. The van der Waals surface area contributed by atoms with E-state index in [2.05, 4.69) is 0 Å². The van der Waals surface area contributed by atoms with Crippen LogP contribution in [0.4, 0.5) is 0 Å². The van der Waals surface area contributed by atoms with Crippen molar-refractivity contribution in [3.05, 3.63) is 0 Å². The van der Waals surface area contributed by atoms with Gasteiger partial charge in [0.2, 0.25) is 0 Å². The van der Waals surface area contributed by atoms with Gasteiger partial charge < -0.3 is 10.2 Å². The van der Waals surface area contributed by atoms with Crippen molar-refractivity contribution in [1.29, 1.82) is 0 Å². The second kappa shape index (κ2) is 2.51. The van der Waals surface area contributed by atoms with Gasteiger partial charge in [-0.05, 0) is 32.1 Å². The number of hydrogen-bond acceptors (Lipinski definition) is 2. The summed E-state index contributed by atoms with van der Waals surface area (Å²) < 4.78 is 0. The SMILES string of the molecule is CCC(O)CC1CC1(C)O. The number of aliphatic hydroxyl groups is 2. The van der Waals surface area contributed by atoms with E-state index in [1.807, 2.05) is 13.8 Å². The Morgan fingerprint density at radius 1 is 1.70 bits per heavy atom. The van der Waals surface area contributed by atoms with E-state index in [1.165, 1.54) is 0 Å². The molecule has 3 unspecified atom stereocenters. The molecule has 2 heteroatoms. The van der Waals surface area contributed by atoms with Gasteiger partial charge in [-0.3, -0.25) is 0 Å². The molecule has 0 aromatic heterocycles. The lowest BCUT2D eigenvalue weighted by Gasteiger charge is -2.07. The zero-order valence-corrected chi connectivity index (χ0v) is 6.67. The van der Waals surface area contributed by atoms with Gasteiger partial charge in [0.15, 0.2) is 0 Å². The number of aliphatic hydroxyl groups excluding tert-OH is 1. The van der Waals surface area contributed by atoms with E-state index < -0.39 is 5.60 Å². The zero-order valence-electron chi connectivity index (χ0n) is 6.67. The molecular formula is C8H16O2. The van der Waals surface area contributed by atoms with Crippen LogP contribution in [0.3, 0.4) is 0 Å². The summed E-state index contributed by atoms with van der Waals surface area (Å²) in [5, 5.41) is 18.5. The van der Waals surface area contributed by atoms with Crippen LogP contribution in [0.2, 0.25) is 0 Å². The monoisotopic (exact) mass is 144 g/mol. The van der Waals surface area contributed by atoms with Crippen LogP contribution in [0.25, 0.3) is 0 Å². The van der Waals surface area contributed by atoms with Gasteiger partial charge >= 0.3 is 0 Å². The minimum atomic E-state index is -0.462. The van der Waals surface area contributed by atoms with E-state index in [0.29, 0.717) is 5.92 Å². The minimum absolute atomic E-state index is 0.209. The molecule has 0 amide bonds. The van der Waals surface area contributed by atoms with E-state index in [9.17, 15) is 10.2 Å². The summed E-state index contributed by atoms with van der Waals surface area (Å²) in [6.07, 6.45) is 2.22. The van der Waals surface area contributed by atoms with E-state index in [0.717, 1.165) is 19.3 Å². The molecule has 2 nitrogen and oxygen atoms in total. The summed E-state index contributed by atoms with van der Waals surface area (Å²) in [5.41, 5.74) is -0.462. The molecule has 1 aliphatic carbocycles. The summed E-state index contributed by atoms with van der Waals surface area (Å²) in [5.74, 6) is 0.349. The van der Waals surface area contributed by atoms with Crippen molar-refractivity contribution in [2.45, 2.75) is 44.8 Å². The maximum absolute atomic E-state index is 9.33. The highest BCUT2D eigenvalue weighted by molar-refractivity contribution is 5.00. The van der Waals surface area contributed by atoms with Crippen molar-refractivity contribution in [3.8, 4) is 0 Å². The summed E-state index contributed by atoms with van der Waals surface area (Å²) in [6.45, 7) is 3.79. The van der Waals surface area contributed by atoms with Crippen molar-refractivity contribution in [2.24, 2.45) is 5.92 Å². The molecule has 0 aromatic rings. The van der Waals surface area contributed by atoms with Crippen molar-refractivity contribution in [2.75, 3.05) is 0 Å². The first-order valence-corrected chi connectivity index (χ1v) is 3.96. The third-order valence-corrected chi connectivity index (χ3v) is 2.41. The summed E-state index contributed by atoms with van der Waals surface area (Å²) >= 11 is 0. The topological polar surface area (TPSA) is 40.5 Å². The Kier molecular flexibility index (Phi) is 2.02. The van der Waals surface area contributed by atoms with E-state index in [-0.39, 0.29) is 6.10 Å². The number of hydrogen-bond donors (Lipinski definition) is 2. The molecule has 1 fully saturated rings. The van der Waals surface area contributed by atoms with Crippen molar-refractivity contribution >= 4 is 0 Å². The Bertz CT molecular complexity index is 120. The van der Waals surface area contributed by atoms with Crippen LogP contribution in [0.5, 0.6) is 0 Å². The lowest BCUT2D eigenvalue weighted by atomic mass is 10.1. The predicted molar refractivity (Wildman–Crippen MR) is 39.6 cm³/mol. The summed E-state index contributed by atoms with van der Waals surface area (Å²) in [6, 6.07) is 0. The highest BCUT2D eigenvalue weighted by Crippen LogP contribution is 2.45. The Balaban J connectivity index is 2.17. The maximum atomic E-state index is 9.33. The standard InChI is InChI=1S/C8H16O2/c1-3-7(9)4-6-5-8(6,2)10/h6-7,9-10H,3-5H2,1-2H3. The van der Waals surface area contributed by atoms with Crippen molar-refractivity contribution in [3.63, 3.8) is 0 Å². The van der Waals surface area contributed by atoms with Crippen LogP contribution < -0.4 is 0 Å². The average Bonchev–Trinajstić information content (AvgIpc) is 2.40. The van der Waals surface area contributed by atoms with Crippen LogP contribution in [0.15, 0.2) is 0 Å². The van der Waals surface area contributed by atoms with Gasteiger partial charge in [-0.2, -0.15) is 0 Å². The summed E-state index contributed by atoms with van der Waals surface area (Å²) in [7, 11) is 0. The average molecular weight is 144 g/mol. The highest BCUT2D eigenvalue weighted by Gasteiger charge is 2.48. The predicted octanol–water partition coefficient (Wildman–Crippen LogP) is 0.918. The van der Waals surface area contributed by atoms with E-state index in [4.69, 9.17) is 0 Å². The molecule has 0 heterocycles. The van der Waals surface area contributed by atoms with E-state index in [1.54, 1.807) is 0 Å². The number of rotatable bonds is 3. The quantitative estimate of drug-likeness (QED) is 0.618. The van der Waals surface area contributed by atoms with Crippen molar-refractivity contribution < 1.29 is 10.2 Å². The molecule has 0 aliphatic heterocycles. The molecule has 1 aliphatic rings. The van der Waals surface area contributed by atoms with Gasteiger partial charge in [0.25, 0.3) is 0 Å². The Morgan fingerprint density at radius 2 is 2.20 bits per heavy atom. The van der Waals surface area contributed by atoms with Gasteiger partial charge in [-0.1, -0.05) is 6.92 Å². The molecule has 3 atom stereocenters. The molecule has 0 bridgehead atoms. The second-order valence-electron chi connectivity index (χ2n) is 3.56. The van der Waals surface area contributed by atoms with Crippen LogP contribution in [0.1, 0.15) is 33.1 Å². The van der Waals surface area contributed by atoms with Gasteiger partial charge in [0.1, 0.15) is 0 Å². The third-order valence-electron chi connectivity index (χ3n) is 2.41. The first-order valence-electron chi connectivity index (χ1n) is 3.96. The Morgan fingerprint density at radius 3 is 2.50 bits per heavy atom. The first kappa shape index (κ1) is 8.02. The smallest absolute Gasteiger partial charge is 0.0653 e. The van der Waals surface area contributed by atoms with E-state index >= 15 is 0 Å². The molecule has 0 aromatic carbocycles. The van der Waals surface area contributed by atoms with Gasteiger partial charge in [-0.25, -0.2) is 0 Å². The molecule has 10 heavy (non-hydrogen) atoms. The molecular weight excluding hydrogens is 128 g/mol. The minimum Gasteiger partial charge on any atom is -0.393 e. The maximum Gasteiger partial charge on any atom is 0.0653 e. The second-order valence-corrected chi connectivity index (χ2v) is 3.56. The van der Waals surface area contributed by atoms with Crippen molar-refractivity contribution in [1.82, 2.24) is 0 Å². The largest absolute Gasteiger partial charge is 0.393 e. The van der Waals surface area contributed by atoms with Gasteiger partial charge in [0, 0.05) is 0 Å². The molecule has 2 N–H and O–H groups in total. The van der Waals surface area contributed by atoms with Gasteiger partial charge in [0.05, 0.1) is 11.7 Å². The molecule has 60 valence electrons. The van der Waals surface area contributed by atoms with Crippen LogP contribution in [-0.4, -0.2) is 21.9 Å². The molecule has 0 radical (unpaired) electrons. The molecule has 1 rings (SSSR count). The van der Waals surface area contributed by atoms with Crippen LogP contribution in [-0.2, 0) is 0 Å². The molecule has 1 saturated carbocycles. The normalized spacial score (nSPS) is 41.4. The Hall–Kier alpha value is -0.0800. The zero-order chi connectivity index (χ0) is 7.78. The van der Waals surface area contributed by atoms with Crippen LogP contribution >= 0.6 is 0 Å². The summed E-state index contributed by atoms with van der Waals surface area (Å²) in [4.78, 5) is 0. The fourth-order valence-corrected chi connectivity index (χ4v) is 1.27. The Labute approximate surface area is 61.9 Å². The van der Waals surface area contributed by atoms with Crippen LogP contribution in [0, 0.1) is 5.92 Å². The lowest BCUT2D eigenvalue weighted by molar-refractivity contribution is 0.112. The third kappa shape index (κ3) is 1.70. The lowest BCUT2D eigenvalue weighted by Crippen LogP contribution is -2.11. The molecule has 0 saturated heterocycles. The highest BCUT2D eigenvalue weighted by atomic mass is 16.3. The fraction of sp³-hybridized carbons (Fsp3) is 1.00. The fourth-order valence-electron chi connectivity index (χ4n) is 1.27.